The largest absolute Gasteiger partial charge is 0.296 e. The van der Waals surface area contributed by atoms with Crippen molar-refractivity contribution in [1.29, 1.82) is 0 Å². The highest BCUT2D eigenvalue weighted by molar-refractivity contribution is 6.19. The van der Waals surface area contributed by atoms with Crippen molar-refractivity contribution in [2.75, 3.05) is 0 Å². The molecular weight excluding hydrogens is 603 g/mol. The Morgan fingerprint density at radius 1 is 0.531 bits per heavy atom. The minimum Gasteiger partial charge on any atom is -0.296 e. The first-order chi connectivity index (χ1) is 24.2. The van der Waals surface area contributed by atoms with E-state index in [-0.39, 0.29) is 0 Å². The van der Waals surface area contributed by atoms with Gasteiger partial charge in [-0.1, -0.05) is 73.7 Å². The average Bonchev–Trinajstić information content (AvgIpc) is 3.57. The summed E-state index contributed by atoms with van der Waals surface area (Å²) in [5.74, 6) is 1.66. The van der Waals surface area contributed by atoms with Crippen LogP contribution in [0.3, 0.4) is 0 Å². The van der Waals surface area contributed by atoms with E-state index in [4.69, 9.17) is 19.9 Å². The van der Waals surface area contributed by atoms with E-state index in [1.165, 1.54) is 0 Å². The topological polar surface area (TPSA) is 82.3 Å². The molecule has 0 spiro atoms. The van der Waals surface area contributed by atoms with E-state index in [2.05, 4.69) is 100 Å². The van der Waals surface area contributed by atoms with E-state index in [1.807, 2.05) is 42.5 Å². The van der Waals surface area contributed by atoms with E-state index in [0.29, 0.717) is 5.82 Å². The SMILES string of the molecule is CCc1nc2c3c(-c4ccc(-c5cc(-c6ccncc6)nc(-c6ccncc6)n5)cc4)nc4ccccc4c3ccc2n1-c1ccccc1. The van der Waals surface area contributed by atoms with Gasteiger partial charge in [0.2, 0.25) is 0 Å². The summed E-state index contributed by atoms with van der Waals surface area (Å²) in [5.41, 5.74) is 10.5. The molecule has 0 atom stereocenters. The van der Waals surface area contributed by atoms with Crippen LogP contribution in [0.1, 0.15) is 12.7 Å². The quantitative estimate of drug-likeness (QED) is 0.170. The Balaban J connectivity index is 1.23. The first-order valence-corrected chi connectivity index (χ1v) is 16.3. The number of hydrogen-bond acceptors (Lipinski definition) is 6. The molecule has 0 N–H and O–H groups in total. The lowest BCUT2D eigenvalue weighted by Crippen LogP contribution is -1.99. The first kappa shape index (κ1) is 28.6. The Kier molecular flexibility index (Phi) is 6.94. The average molecular weight is 632 g/mol. The summed E-state index contributed by atoms with van der Waals surface area (Å²) in [6.07, 6.45) is 7.88. The summed E-state index contributed by atoms with van der Waals surface area (Å²) in [7, 11) is 0. The molecule has 9 aromatic rings. The standard InChI is InChI=1S/C42H29N7/c1-2-38-48-41-37(49(38)31-8-4-3-5-9-31)17-16-33-32-10-6-7-11-34(32)45-40(39(33)41)29-14-12-27(13-15-29)35-26-36(28-18-22-43-23-19-28)47-42(46-35)30-20-24-44-25-21-30/h3-26H,2H2,1H3. The van der Waals surface area contributed by atoms with Crippen LogP contribution in [0.15, 0.2) is 146 Å². The minimum atomic E-state index is 0.640. The molecule has 232 valence electrons. The zero-order valence-electron chi connectivity index (χ0n) is 26.7. The van der Waals surface area contributed by atoms with Crippen LogP contribution in [-0.2, 0) is 6.42 Å². The summed E-state index contributed by atoms with van der Waals surface area (Å²) in [6, 6.07) is 41.6. The molecule has 0 radical (unpaired) electrons. The van der Waals surface area contributed by atoms with Gasteiger partial charge >= 0.3 is 0 Å². The van der Waals surface area contributed by atoms with Crippen LogP contribution in [0.25, 0.3) is 83.6 Å². The fraction of sp³-hybridized carbons (Fsp3) is 0.0476. The number of para-hydroxylation sites is 2. The Bertz CT molecular complexity index is 2560. The molecule has 0 saturated heterocycles. The number of rotatable bonds is 6. The maximum Gasteiger partial charge on any atom is 0.160 e. The lowest BCUT2D eigenvalue weighted by atomic mass is 9.97. The van der Waals surface area contributed by atoms with Gasteiger partial charge in [-0.3, -0.25) is 14.5 Å². The van der Waals surface area contributed by atoms with Crippen molar-refractivity contribution in [3.63, 3.8) is 0 Å². The molecule has 9 rings (SSSR count). The zero-order valence-corrected chi connectivity index (χ0v) is 26.7. The van der Waals surface area contributed by atoms with Gasteiger partial charge in [0, 0.05) is 69.9 Å². The monoisotopic (exact) mass is 631 g/mol. The normalized spacial score (nSPS) is 11.4. The fourth-order valence-corrected chi connectivity index (χ4v) is 6.64. The number of hydrogen-bond donors (Lipinski definition) is 0. The molecule has 0 saturated carbocycles. The smallest absolute Gasteiger partial charge is 0.160 e. The predicted molar refractivity (Wildman–Crippen MR) is 196 cm³/mol. The molecule has 5 aromatic heterocycles. The summed E-state index contributed by atoms with van der Waals surface area (Å²) in [4.78, 5) is 28.8. The predicted octanol–water partition coefficient (Wildman–Crippen LogP) is 9.54. The molecule has 49 heavy (non-hydrogen) atoms. The second kappa shape index (κ2) is 11.9. The molecular formula is C42H29N7. The molecule has 0 bridgehead atoms. The van der Waals surface area contributed by atoms with Crippen molar-refractivity contribution in [1.82, 2.24) is 34.5 Å². The van der Waals surface area contributed by atoms with Crippen LogP contribution >= 0.6 is 0 Å². The van der Waals surface area contributed by atoms with Crippen molar-refractivity contribution in [3.8, 4) is 50.8 Å². The van der Waals surface area contributed by atoms with Gasteiger partial charge in [0.25, 0.3) is 0 Å². The van der Waals surface area contributed by atoms with E-state index in [0.717, 1.165) is 90.0 Å². The van der Waals surface area contributed by atoms with Crippen LogP contribution in [0.4, 0.5) is 0 Å². The Hall–Kier alpha value is -6.60. The van der Waals surface area contributed by atoms with E-state index in [9.17, 15) is 0 Å². The van der Waals surface area contributed by atoms with Crippen molar-refractivity contribution in [2.24, 2.45) is 0 Å². The van der Waals surface area contributed by atoms with Gasteiger partial charge in [0.1, 0.15) is 5.82 Å². The maximum absolute atomic E-state index is 5.28. The fourth-order valence-electron chi connectivity index (χ4n) is 6.64. The van der Waals surface area contributed by atoms with Crippen LogP contribution in [0.2, 0.25) is 0 Å². The van der Waals surface area contributed by atoms with Crippen LogP contribution in [-0.4, -0.2) is 34.5 Å². The summed E-state index contributed by atoms with van der Waals surface area (Å²) in [6.45, 7) is 2.16. The second-order valence-electron chi connectivity index (χ2n) is 11.9. The molecule has 0 unspecified atom stereocenters. The summed E-state index contributed by atoms with van der Waals surface area (Å²) < 4.78 is 2.27. The third-order valence-corrected chi connectivity index (χ3v) is 8.99. The van der Waals surface area contributed by atoms with Gasteiger partial charge in [-0.25, -0.2) is 19.9 Å². The van der Waals surface area contributed by atoms with E-state index in [1.54, 1.807) is 24.8 Å². The van der Waals surface area contributed by atoms with Gasteiger partial charge in [-0.05, 0) is 60.0 Å². The lowest BCUT2D eigenvalue weighted by molar-refractivity contribution is 0.908. The first-order valence-electron chi connectivity index (χ1n) is 16.3. The number of aromatic nitrogens is 7. The Labute approximate surface area is 282 Å². The second-order valence-corrected chi connectivity index (χ2v) is 11.9. The number of nitrogens with zero attached hydrogens (tertiary/aromatic N) is 7. The Morgan fingerprint density at radius 3 is 1.88 bits per heavy atom. The maximum atomic E-state index is 5.28. The van der Waals surface area contributed by atoms with Crippen LogP contribution in [0, 0.1) is 0 Å². The molecule has 5 heterocycles. The lowest BCUT2D eigenvalue weighted by Gasteiger charge is -2.13. The number of aryl methyl sites for hydroxylation is 1. The molecule has 7 nitrogen and oxygen atoms in total. The number of pyridine rings is 3. The zero-order chi connectivity index (χ0) is 32.7. The minimum absolute atomic E-state index is 0.640. The van der Waals surface area contributed by atoms with Gasteiger partial charge in [-0.15, -0.1) is 0 Å². The molecule has 4 aromatic carbocycles. The Morgan fingerprint density at radius 2 is 1.16 bits per heavy atom. The van der Waals surface area contributed by atoms with Gasteiger partial charge in [0.05, 0.1) is 33.6 Å². The van der Waals surface area contributed by atoms with Crippen LogP contribution < -0.4 is 0 Å². The number of imidazole rings is 1. The number of benzene rings is 4. The molecule has 0 amide bonds. The molecule has 0 aliphatic rings. The highest BCUT2D eigenvalue weighted by Crippen LogP contribution is 2.39. The third-order valence-electron chi connectivity index (χ3n) is 8.99. The van der Waals surface area contributed by atoms with Crippen molar-refractivity contribution in [3.05, 3.63) is 152 Å². The van der Waals surface area contributed by atoms with E-state index >= 15 is 0 Å². The van der Waals surface area contributed by atoms with E-state index < -0.39 is 0 Å². The highest BCUT2D eigenvalue weighted by Gasteiger charge is 2.19. The summed E-state index contributed by atoms with van der Waals surface area (Å²) in [5, 5.41) is 3.30. The molecule has 7 heteroatoms. The van der Waals surface area contributed by atoms with Gasteiger partial charge in [0.15, 0.2) is 5.82 Å². The molecule has 0 fully saturated rings. The number of fused-ring (bicyclic) bond motifs is 5. The van der Waals surface area contributed by atoms with Crippen molar-refractivity contribution in [2.45, 2.75) is 13.3 Å². The third kappa shape index (κ3) is 5.00. The molecule has 0 aliphatic heterocycles. The van der Waals surface area contributed by atoms with Gasteiger partial charge in [-0.2, -0.15) is 0 Å². The van der Waals surface area contributed by atoms with Gasteiger partial charge < -0.3 is 0 Å². The summed E-state index contributed by atoms with van der Waals surface area (Å²) >= 11 is 0. The highest BCUT2D eigenvalue weighted by atomic mass is 15.1. The van der Waals surface area contributed by atoms with Crippen molar-refractivity contribution < 1.29 is 0 Å². The molecule has 0 aliphatic carbocycles. The van der Waals surface area contributed by atoms with Crippen LogP contribution in [0.5, 0.6) is 0 Å². The van der Waals surface area contributed by atoms with Crippen molar-refractivity contribution >= 4 is 32.7 Å².